The molecule has 0 saturated heterocycles. The van der Waals surface area contributed by atoms with E-state index in [1.54, 1.807) is 0 Å². The minimum atomic E-state index is -1.65. The van der Waals surface area contributed by atoms with Gasteiger partial charge < -0.3 is 10.2 Å². The van der Waals surface area contributed by atoms with E-state index in [9.17, 15) is 9.90 Å². The maximum Gasteiger partial charge on any atom is 0.336 e. The summed E-state index contributed by atoms with van der Waals surface area (Å²) in [5, 5.41) is 18.2. The van der Waals surface area contributed by atoms with Gasteiger partial charge in [-0.1, -0.05) is 6.92 Å². The molecule has 13 heavy (non-hydrogen) atoms. The quantitative estimate of drug-likeness (QED) is 0.663. The number of hydrogen-bond acceptors (Lipinski definition) is 3. The summed E-state index contributed by atoms with van der Waals surface area (Å²) in [7, 11) is 0. The molecule has 1 unspecified atom stereocenters. The molecule has 0 saturated carbocycles. The monoisotopic (exact) mass is 189 g/mol. The van der Waals surface area contributed by atoms with Gasteiger partial charge in [0.25, 0.3) is 0 Å². The van der Waals surface area contributed by atoms with Crippen molar-refractivity contribution in [3.63, 3.8) is 0 Å². The van der Waals surface area contributed by atoms with Crippen molar-refractivity contribution >= 4 is 5.97 Å². The highest BCUT2D eigenvalue weighted by atomic mass is 16.4. The van der Waals surface area contributed by atoms with Gasteiger partial charge in [-0.3, -0.25) is 4.90 Å². The van der Waals surface area contributed by atoms with Crippen LogP contribution in [0.5, 0.6) is 0 Å². The summed E-state index contributed by atoms with van der Waals surface area (Å²) in [6.07, 6.45) is 0. The van der Waals surface area contributed by atoms with Crippen molar-refractivity contribution in [2.24, 2.45) is 0 Å². The van der Waals surface area contributed by atoms with Gasteiger partial charge in [-0.25, -0.2) is 4.79 Å². The van der Waals surface area contributed by atoms with Gasteiger partial charge >= 0.3 is 5.97 Å². The average molecular weight is 189 g/mol. The molecular formula is C9H19NO3. The van der Waals surface area contributed by atoms with E-state index in [0.717, 1.165) is 6.54 Å². The van der Waals surface area contributed by atoms with E-state index in [0.29, 0.717) is 0 Å². The zero-order valence-corrected chi connectivity index (χ0v) is 8.74. The minimum absolute atomic E-state index is 0.163. The standard InChI is InChI=1S/C9H19NO3/c1-5-10(7(2)3)6-9(4,13)8(11)12/h7,13H,5-6H2,1-4H3,(H,11,12). The minimum Gasteiger partial charge on any atom is -0.479 e. The molecule has 0 aromatic rings. The lowest BCUT2D eigenvalue weighted by Gasteiger charge is -2.30. The molecule has 0 spiro atoms. The fraction of sp³-hybridized carbons (Fsp3) is 0.889. The molecule has 0 aromatic carbocycles. The van der Waals surface area contributed by atoms with E-state index in [2.05, 4.69) is 0 Å². The van der Waals surface area contributed by atoms with Crippen molar-refractivity contribution < 1.29 is 15.0 Å². The molecule has 0 heterocycles. The molecule has 0 rings (SSSR count). The summed E-state index contributed by atoms with van der Waals surface area (Å²) in [5.74, 6) is -1.17. The first-order chi connectivity index (χ1) is 5.81. The molecule has 1 atom stereocenters. The lowest BCUT2D eigenvalue weighted by molar-refractivity contribution is -0.158. The largest absolute Gasteiger partial charge is 0.479 e. The van der Waals surface area contributed by atoms with Crippen LogP contribution in [0.1, 0.15) is 27.7 Å². The molecule has 4 heteroatoms. The highest BCUT2D eigenvalue weighted by Crippen LogP contribution is 2.09. The van der Waals surface area contributed by atoms with Crippen LogP contribution in [0.15, 0.2) is 0 Å². The molecule has 0 radical (unpaired) electrons. The Labute approximate surface area is 79.2 Å². The summed E-state index contributed by atoms with van der Waals surface area (Å²) in [5.41, 5.74) is -1.65. The van der Waals surface area contributed by atoms with E-state index < -0.39 is 11.6 Å². The van der Waals surface area contributed by atoms with Crippen LogP contribution >= 0.6 is 0 Å². The van der Waals surface area contributed by atoms with E-state index in [1.807, 2.05) is 25.7 Å². The zero-order chi connectivity index (χ0) is 10.6. The fourth-order valence-electron chi connectivity index (χ4n) is 1.12. The fourth-order valence-corrected chi connectivity index (χ4v) is 1.12. The number of carboxylic acids is 1. The van der Waals surface area contributed by atoms with Gasteiger partial charge in [-0.15, -0.1) is 0 Å². The summed E-state index contributed by atoms with van der Waals surface area (Å²) in [6.45, 7) is 8.11. The number of hydrogen-bond donors (Lipinski definition) is 2. The molecule has 0 aromatic heterocycles. The topological polar surface area (TPSA) is 60.8 Å². The highest BCUT2D eigenvalue weighted by molar-refractivity contribution is 5.76. The maximum atomic E-state index is 10.6. The second kappa shape index (κ2) is 4.58. The Bertz CT molecular complexity index is 178. The van der Waals surface area contributed by atoms with E-state index in [4.69, 9.17) is 5.11 Å². The summed E-state index contributed by atoms with van der Waals surface area (Å²) < 4.78 is 0. The predicted octanol–water partition coefficient (Wildman–Crippen LogP) is 0.552. The number of carboxylic acid groups (broad SMARTS) is 1. The molecular weight excluding hydrogens is 170 g/mol. The molecule has 0 aliphatic rings. The van der Waals surface area contributed by atoms with E-state index in [-0.39, 0.29) is 12.6 Å². The number of nitrogens with zero attached hydrogens (tertiary/aromatic N) is 1. The molecule has 4 nitrogen and oxygen atoms in total. The van der Waals surface area contributed by atoms with E-state index >= 15 is 0 Å². The van der Waals surface area contributed by atoms with Crippen molar-refractivity contribution in [3.05, 3.63) is 0 Å². The SMILES string of the molecule is CCN(CC(C)(O)C(=O)O)C(C)C. The van der Waals surface area contributed by atoms with Crippen LogP contribution in [0.2, 0.25) is 0 Å². The van der Waals surface area contributed by atoms with Gasteiger partial charge in [0.2, 0.25) is 0 Å². The smallest absolute Gasteiger partial charge is 0.336 e. The van der Waals surface area contributed by atoms with Crippen LogP contribution in [0.3, 0.4) is 0 Å². The maximum absolute atomic E-state index is 10.6. The Balaban J connectivity index is 4.30. The van der Waals surface area contributed by atoms with Gasteiger partial charge in [0.15, 0.2) is 5.60 Å². The summed E-state index contributed by atoms with van der Waals surface area (Å²) >= 11 is 0. The van der Waals surface area contributed by atoms with Crippen molar-refractivity contribution in [2.75, 3.05) is 13.1 Å². The van der Waals surface area contributed by atoms with Crippen molar-refractivity contribution in [3.8, 4) is 0 Å². The molecule has 2 N–H and O–H groups in total. The average Bonchev–Trinajstić information content (AvgIpc) is 1.99. The number of aliphatic hydroxyl groups is 1. The third-order valence-electron chi connectivity index (χ3n) is 2.11. The number of carbonyl (C=O) groups is 1. The van der Waals surface area contributed by atoms with Gasteiger partial charge in [-0.2, -0.15) is 0 Å². The van der Waals surface area contributed by atoms with Crippen LogP contribution in [0, 0.1) is 0 Å². The third-order valence-corrected chi connectivity index (χ3v) is 2.11. The second-order valence-corrected chi connectivity index (χ2v) is 3.74. The Morgan fingerprint density at radius 3 is 2.23 bits per heavy atom. The van der Waals surface area contributed by atoms with Crippen LogP contribution in [0.25, 0.3) is 0 Å². The number of rotatable bonds is 5. The van der Waals surface area contributed by atoms with Crippen LogP contribution < -0.4 is 0 Å². The molecule has 0 aliphatic carbocycles. The lowest BCUT2D eigenvalue weighted by Crippen LogP contribution is -2.48. The first-order valence-corrected chi connectivity index (χ1v) is 4.51. The summed E-state index contributed by atoms with van der Waals surface area (Å²) in [6, 6.07) is 0.246. The Morgan fingerprint density at radius 1 is 1.54 bits per heavy atom. The Hall–Kier alpha value is -0.610. The Kier molecular flexibility index (Phi) is 4.36. The van der Waals surface area contributed by atoms with Gasteiger partial charge in [0, 0.05) is 12.6 Å². The first-order valence-electron chi connectivity index (χ1n) is 4.51. The molecule has 0 fully saturated rings. The summed E-state index contributed by atoms with van der Waals surface area (Å²) in [4.78, 5) is 12.5. The Morgan fingerprint density at radius 2 is 2.00 bits per heavy atom. The van der Waals surface area contributed by atoms with Crippen molar-refractivity contribution in [1.29, 1.82) is 0 Å². The normalized spacial score (nSPS) is 16.2. The number of aliphatic carboxylic acids is 1. The number of likely N-dealkylation sites (N-methyl/N-ethyl adjacent to an activating group) is 1. The predicted molar refractivity (Wildman–Crippen MR) is 50.6 cm³/mol. The molecule has 0 aliphatic heterocycles. The van der Waals surface area contributed by atoms with Crippen molar-refractivity contribution in [2.45, 2.75) is 39.3 Å². The zero-order valence-electron chi connectivity index (χ0n) is 8.74. The van der Waals surface area contributed by atoms with E-state index in [1.165, 1.54) is 6.92 Å². The highest BCUT2D eigenvalue weighted by Gasteiger charge is 2.32. The van der Waals surface area contributed by atoms with Crippen LogP contribution in [-0.2, 0) is 4.79 Å². The third kappa shape index (κ3) is 3.74. The van der Waals surface area contributed by atoms with Crippen LogP contribution in [-0.4, -0.2) is 45.8 Å². The molecule has 78 valence electrons. The first kappa shape index (κ1) is 12.4. The second-order valence-electron chi connectivity index (χ2n) is 3.74. The van der Waals surface area contributed by atoms with Crippen LogP contribution in [0.4, 0.5) is 0 Å². The van der Waals surface area contributed by atoms with Crippen molar-refractivity contribution in [1.82, 2.24) is 4.90 Å². The van der Waals surface area contributed by atoms with Gasteiger partial charge in [0.1, 0.15) is 0 Å². The van der Waals surface area contributed by atoms with Gasteiger partial charge in [-0.05, 0) is 27.3 Å². The lowest BCUT2D eigenvalue weighted by atomic mass is 10.1. The van der Waals surface area contributed by atoms with Gasteiger partial charge in [0.05, 0.1) is 0 Å². The molecule has 0 bridgehead atoms. The molecule has 0 amide bonds.